The molecular weight excluding hydrogens is 314 g/mol. The van der Waals surface area contributed by atoms with Gasteiger partial charge in [-0.05, 0) is 69.6 Å². The fraction of sp³-hybridized carbons (Fsp3) is 0.400. The fourth-order valence-corrected chi connectivity index (χ4v) is 3.02. The average molecular weight is 341 g/mol. The molecule has 0 aromatic heterocycles. The first-order chi connectivity index (χ1) is 12.2. The summed E-state index contributed by atoms with van der Waals surface area (Å²) in [6, 6.07) is 13.0. The van der Waals surface area contributed by atoms with Gasteiger partial charge in [0.1, 0.15) is 5.75 Å². The van der Waals surface area contributed by atoms with Gasteiger partial charge in [-0.25, -0.2) is 0 Å². The quantitative estimate of drug-likeness (QED) is 0.563. The molecule has 0 aliphatic carbocycles. The van der Waals surface area contributed by atoms with Gasteiger partial charge in [-0.2, -0.15) is 0 Å². The highest BCUT2D eigenvalue weighted by molar-refractivity contribution is 5.65. The highest BCUT2D eigenvalue weighted by Gasteiger charge is 2.11. The van der Waals surface area contributed by atoms with Crippen molar-refractivity contribution >= 4 is 11.4 Å². The molecule has 2 aromatic rings. The molecule has 2 aromatic carbocycles. The maximum absolute atomic E-state index is 5.93. The molecule has 0 saturated carbocycles. The van der Waals surface area contributed by atoms with E-state index in [1.807, 2.05) is 24.3 Å². The van der Waals surface area contributed by atoms with E-state index in [1.54, 1.807) is 18.2 Å². The molecule has 5 nitrogen and oxygen atoms in total. The standard InChI is InChI=1S/C20H27N3O2/c21-17-10-9-16(15-18(17)22)25-20-8-2-1-7-19(20)24-14-6-5-13-23-11-3-4-12-23/h1-2,7-10,15H,3-6,11-14,21-22H2. The van der Waals surface area contributed by atoms with E-state index in [2.05, 4.69) is 4.90 Å². The van der Waals surface area contributed by atoms with Crippen molar-refractivity contribution in [1.29, 1.82) is 0 Å². The molecule has 1 aliphatic heterocycles. The lowest BCUT2D eigenvalue weighted by atomic mass is 10.2. The van der Waals surface area contributed by atoms with E-state index in [0.717, 1.165) is 18.6 Å². The molecule has 1 saturated heterocycles. The Morgan fingerprint density at radius 2 is 1.64 bits per heavy atom. The van der Waals surface area contributed by atoms with E-state index in [9.17, 15) is 0 Å². The van der Waals surface area contributed by atoms with E-state index in [-0.39, 0.29) is 0 Å². The topological polar surface area (TPSA) is 73.7 Å². The third-order valence-corrected chi connectivity index (χ3v) is 4.46. The van der Waals surface area contributed by atoms with Crippen LogP contribution in [0.2, 0.25) is 0 Å². The van der Waals surface area contributed by atoms with E-state index in [1.165, 1.54) is 32.5 Å². The van der Waals surface area contributed by atoms with Crippen molar-refractivity contribution in [3.63, 3.8) is 0 Å². The molecule has 5 heteroatoms. The second-order valence-corrected chi connectivity index (χ2v) is 6.44. The van der Waals surface area contributed by atoms with Crippen molar-refractivity contribution in [1.82, 2.24) is 4.90 Å². The molecule has 0 atom stereocenters. The second kappa shape index (κ2) is 8.62. The summed E-state index contributed by atoms with van der Waals surface area (Å²) in [5.41, 5.74) is 12.6. The number of hydrogen-bond donors (Lipinski definition) is 2. The van der Waals surface area contributed by atoms with Crippen LogP contribution in [0.25, 0.3) is 0 Å². The fourth-order valence-electron chi connectivity index (χ4n) is 3.02. The van der Waals surface area contributed by atoms with Crippen LogP contribution in [0.15, 0.2) is 42.5 Å². The summed E-state index contributed by atoms with van der Waals surface area (Å²) in [6.07, 6.45) is 4.89. The zero-order valence-corrected chi connectivity index (χ0v) is 14.6. The molecule has 0 unspecified atom stereocenters. The minimum absolute atomic E-state index is 0.512. The van der Waals surface area contributed by atoms with Gasteiger partial charge < -0.3 is 25.8 Å². The van der Waals surface area contributed by atoms with Crippen LogP contribution in [-0.4, -0.2) is 31.1 Å². The Hall–Kier alpha value is -2.40. The number of nitrogens with two attached hydrogens (primary N) is 2. The van der Waals surface area contributed by atoms with Crippen molar-refractivity contribution in [2.75, 3.05) is 37.7 Å². The predicted octanol–water partition coefficient (Wildman–Crippen LogP) is 3.90. The minimum Gasteiger partial charge on any atom is -0.490 e. The number of nitrogen functional groups attached to an aromatic ring is 2. The third-order valence-electron chi connectivity index (χ3n) is 4.46. The smallest absolute Gasteiger partial charge is 0.169 e. The Balaban J connectivity index is 1.50. The summed E-state index contributed by atoms with van der Waals surface area (Å²) in [5.74, 6) is 2.09. The molecule has 0 spiro atoms. The normalized spacial score (nSPS) is 14.6. The van der Waals surface area contributed by atoms with Gasteiger partial charge in [-0.15, -0.1) is 0 Å². The molecule has 25 heavy (non-hydrogen) atoms. The van der Waals surface area contributed by atoms with E-state index in [0.29, 0.717) is 29.5 Å². The largest absolute Gasteiger partial charge is 0.490 e. The van der Waals surface area contributed by atoms with Crippen LogP contribution < -0.4 is 20.9 Å². The molecular formula is C20H27N3O2. The van der Waals surface area contributed by atoms with Gasteiger partial charge in [-0.3, -0.25) is 0 Å². The van der Waals surface area contributed by atoms with Gasteiger partial charge in [0.15, 0.2) is 11.5 Å². The molecule has 3 rings (SSSR count). The van der Waals surface area contributed by atoms with Crippen molar-refractivity contribution < 1.29 is 9.47 Å². The maximum Gasteiger partial charge on any atom is 0.169 e. The average Bonchev–Trinajstić information content (AvgIpc) is 3.13. The second-order valence-electron chi connectivity index (χ2n) is 6.44. The van der Waals surface area contributed by atoms with Gasteiger partial charge in [0.2, 0.25) is 0 Å². The van der Waals surface area contributed by atoms with E-state index < -0.39 is 0 Å². The van der Waals surface area contributed by atoms with Crippen LogP contribution in [0.3, 0.4) is 0 Å². The Morgan fingerprint density at radius 1 is 0.880 bits per heavy atom. The zero-order valence-electron chi connectivity index (χ0n) is 14.6. The molecule has 0 bridgehead atoms. The number of benzene rings is 2. The summed E-state index contributed by atoms with van der Waals surface area (Å²) < 4.78 is 11.8. The van der Waals surface area contributed by atoms with Crippen molar-refractivity contribution in [2.24, 2.45) is 0 Å². The van der Waals surface area contributed by atoms with Crippen molar-refractivity contribution in [2.45, 2.75) is 25.7 Å². The lowest BCUT2D eigenvalue weighted by molar-refractivity contribution is 0.272. The monoisotopic (exact) mass is 341 g/mol. The van der Waals surface area contributed by atoms with Crippen LogP contribution in [0.1, 0.15) is 25.7 Å². The van der Waals surface area contributed by atoms with Gasteiger partial charge >= 0.3 is 0 Å². The van der Waals surface area contributed by atoms with Crippen molar-refractivity contribution in [3.8, 4) is 17.2 Å². The van der Waals surface area contributed by atoms with Gasteiger partial charge in [0, 0.05) is 6.07 Å². The Morgan fingerprint density at radius 3 is 2.40 bits per heavy atom. The lowest BCUT2D eigenvalue weighted by Crippen LogP contribution is -2.20. The van der Waals surface area contributed by atoms with Gasteiger partial charge in [0.25, 0.3) is 0 Å². The van der Waals surface area contributed by atoms with Crippen molar-refractivity contribution in [3.05, 3.63) is 42.5 Å². The molecule has 0 radical (unpaired) electrons. The summed E-state index contributed by atoms with van der Waals surface area (Å²) in [6.45, 7) is 4.37. The first kappa shape index (κ1) is 17.4. The van der Waals surface area contributed by atoms with Crippen LogP contribution in [0.4, 0.5) is 11.4 Å². The summed E-state index contributed by atoms with van der Waals surface area (Å²) in [7, 11) is 0. The van der Waals surface area contributed by atoms with Crippen LogP contribution >= 0.6 is 0 Å². The molecule has 4 N–H and O–H groups in total. The Bertz CT molecular complexity index is 684. The summed E-state index contributed by atoms with van der Waals surface area (Å²) in [4.78, 5) is 2.53. The Labute approximate surface area is 149 Å². The minimum atomic E-state index is 0.512. The number of para-hydroxylation sites is 2. The lowest BCUT2D eigenvalue weighted by Gasteiger charge is -2.15. The number of rotatable bonds is 8. The number of likely N-dealkylation sites (tertiary alicyclic amines) is 1. The SMILES string of the molecule is Nc1ccc(Oc2ccccc2OCCCCN2CCCC2)cc1N. The van der Waals surface area contributed by atoms with Gasteiger partial charge in [0.05, 0.1) is 18.0 Å². The predicted molar refractivity (Wildman–Crippen MR) is 102 cm³/mol. The van der Waals surface area contributed by atoms with Crippen LogP contribution in [0.5, 0.6) is 17.2 Å². The molecule has 1 heterocycles. The highest BCUT2D eigenvalue weighted by Crippen LogP contribution is 2.33. The Kier molecular flexibility index (Phi) is 6.01. The highest BCUT2D eigenvalue weighted by atomic mass is 16.5. The number of unbranched alkanes of at least 4 members (excludes halogenated alkanes) is 1. The molecule has 134 valence electrons. The third kappa shape index (κ3) is 5.03. The number of anilines is 2. The van der Waals surface area contributed by atoms with E-state index >= 15 is 0 Å². The number of hydrogen-bond acceptors (Lipinski definition) is 5. The van der Waals surface area contributed by atoms with Gasteiger partial charge in [-0.1, -0.05) is 12.1 Å². The number of nitrogens with zero attached hydrogens (tertiary/aromatic N) is 1. The molecule has 1 aliphatic rings. The number of ether oxygens (including phenoxy) is 2. The summed E-state index contributed by atoms with van der Waals surface area (Å²) >= 11 is 0. The van der Waals surface area contributed by atoms with E-state index in [4.69, 9.17) is 20.9 Å². The van der Waals surface area contributed by atoms with Crippen LogP contribution in [0, 0.1) is 0 Å². The first-order valence-corrected chi connectivity index (χ1v) is 8.99. The molecule has 1 fully saturated rings. The summed E-state index contributed by atoms with van der Waals surface area (Å²) in [5, 5.41) is 0. The van der Waals surface area contributed by atoms with Crippen LogP contribution in [-0.2, 0) is 0 Å². The first-order valence-electron chi connectivity index (χ1n) is 8.99. The molecule has 0 amide bonds. The maximum atomic E-state index is 5.93. The zero-order chi connectivity index (χ0) is 17.5.